The van der Waals surface area contributed by atoms with Gasteiger partial charge in [0.25, 0.3) is 0 Å². The van der Waals surface area contributed by atoms with Crippen molar-refractivity contribution in [2.75, 3.05) is 6.54 Å². The standard InChI is InChI=1S/C17H27N/c1-4-14-8-9-15(11-18)17(10-14)16-7-5-6-12(2)13(16)3/h5-7,14-15,17H,4,8-11,18H2,1-3H3. The average molecular weight is 245 g/mol. The Balaban J connectivity index is 2.29. The fraction of sp³-hybridized carbons (Fsp3) is 0.647. The van der Waals surface area contributed by atoms with Crippen LogP contribution in [0.25, 0.3) is 0 Å². The van der Waals surface area contributed by atoms with Crippen molar-refractivity contribution in [3.05, 3.63) is 34.9 Å². The monoisotopic (exact) mass is 245 g/mol. The maximum absolute atomic E-state index is 6.01. The second-order valence-corrected chi connectivity index (χ2v) is 5.98. The first-order chi connectivity index (χ1) is 8.67. The molecule has 0 bridgehead atoms. The molecule has 1 fully saturated rings. The predicted molar refractivity (Wildman–Crippen MR) is 78.8 cm³/mol. The summed E-state index contributed by atoms with van der Waals surface area (Å²) in [6.45, 7) is 7.66. The molecule has 100 valence electrons. The molecule has 0 heterocycles. The number of aryl methyl sites for hydroxylation is 1. The lowest BCUT2D eigenvalue weighted by Crippen LogP contribution is -2.29. The molecule has 0 radical (unpaired) electrons. The number of nitrogens with two attached hydrogens (primary N) is 1. The van der Waals surface area contributed by atoms with E-state index in [-0.39, 0.29) is 0 Å². The molecule has 2 N–H and O–H groups in total. The third-order valence-corrected chi connectivity index (χ3v) is 5.03. The van der Waals surface area contributed by atoms with Crippen molar-refractivity contribution in [2.24, 2.45) is 17.6 Å². The zero-order valence-corrected chi connectivity index (χ0v) is 12.1. The van der Waals surface area contributed by atoms with Crippen LogP contribution in [0.4, 0.5) is 0 Å². The van der Waals surface area contributed by atoms with Gasteiger partial charge in [-0.25, -0.2) is 0 Å². The van der Waals surface area contributed by atoms with Crippen LogP contribution < -0.4 is 5.73 Å². The molecule has 2 rings (SSSR count). The summed E-state index contributed by atoms with van der Waals surface area (Å²) in [6.07, 6.45) is 5.34. The molecule has 1 aromatic carbocycles. The summed E-state index contributed by atoms with van der Waals surface area (Å²) in [5.74, 6) is 2.28. The van der Waals surface area contributed by atoms with Crippen molar-refractivity contribution in [2.45, 2.75) is 52.4 Å². The third kappa shape index (κ3) is 2.61. The van der Waals surface area contributed by atoms with Crippen molar-refractivity contribution >= 4 is 0 Å². The highest BCUT2D eigenvalue weighted by Gasteiger charge is 2.30. The van der Waals surface area contributed by atoms with Gasteiger partial charge in [0.2, 0.25) is 0 Å². The molecule has 1 saturated carbocycles. The molecule has 1 aliphatic carbocycles. The number of rotatable bonds is 3. The molecular formula is C17H27N. The van der Waals surface area contributed by atoms with E-state index in [4.69, 9.17) is 5.73 Å². The van der Waals surface area contributed by atoms with Crippen LogP contribution >= 0.6 is 0 Å². The summed E-state index contributed by atoms with van der Waals surface area (Å²) in [5, 5.41) is 0. The van der Waals surface area contributed by atoms with Gasteiger partial charge in [-0.15, -0.1) is 0 Å². The number of hydrogen-bond acceptors (Lipinski definition) is 1. The van der Waals surface area contributed by atoms with Gasteiger partial charge in [-0.05, 0) is 67.7 Å². The molecule has 0 saturated heterocycles. The lowest BCUT2D eigenvalue weighted by molar-refractivity contribution is 0.235. The Labute approximate surface area is 112 Å². The first-order valence-electron chi connectivity index (χ1n) is 7.43. The van der Waals surface area contributed by atoms with Gasteiger partial charge in [-0.2, -0.15) is 0 Å². The van der Waals surface area contributed by atoms with Crippen LogP contribution in [0.3, 0.4) is 0 Å². The van der Waals surface area contributed by atoms with Gasteiger partial charge in [0.05, 0.1) is 0 Å². The van der Waals surface area contributed by atoms with Crippen molar-refractivity contribution in [3.8, 4) is 0 Å². The molecule has 3 unspecified atom stereocenters. The van der Waals surface area contributed by atoms with Crippen molar-refractivity contribution in [1.82, 2.24) is 0 Å². The number of benzene rings is 1. The summed E-state index contributed by atoms with van der Waals surface area (Å²) >= 11 is 0. The van der Waals surface area contributed by atoms with E-state index in [2.05, 4.69) is 39.0 Å². The molecule has 18 heavy (non-hydrogen) atoms. The molecule has 1 nitrogen and oxygen atoms in total. The highest BCUT2D eigenvalue weighted by atomic mass is 14.6. The van der Waals surface area contributed by atoms with Crippen molar-refractivity contribution in [3.63, 3.8) is 0 Å². The van der Waals surface area contributed by atoms with Crippen molar-refractivity contribution < 1.29 is 0 Å². The van der Waals surface area contributed by atoms with Crippen LogP contribution in [0.15, 0.2) is 18.2 Å². The molecule has 3 atom stereocenters. The second kappa shape index (κ2) is 5.88. The highest BCUT2D eigenvalue weighted by molar-refractivity contribution is 5.36. The Morgan fingerprint density at radius 2 is 2.00 bits per heavy atom. The van der Waals surface area contributed by atoms with E-state index in [1.54, 1.807) is 5.56 Å². The van der Waals surface area contributed by atoms with Crippen LogP contribution in [0.5, 0.6) is 0 Å². The van der Waals surface area contributed by atoms with E-state index in [0.717, 1.165) is 12.5 Å². The summed E-state index contributed by atoms with van der Waals surface area (Å²) in [6, 6.07) is 6.75. The molecule has 0 aliphatic heterocycles. The molecule has 1 aromatic rings. The minimum atomic E-state index is 0.688. The Morgan fingerprint density at radius 1 is 1.22 bits per heavy atom. The Kier molecular flexibility index (Phi) is 4.45. The van der Waals surface area contributed by atoms with Gasteiger partial charge < -0.3 is 5.73 Å². The molecule has 0 spiro atoms. The third-order valence-electron chi connectivity index (χ3n) is 5.03. The van der Waals surface area contributed by atoms with Gasteiger partial charge in [-0.1, -0.05) is 38.0 Å². The first kappa shape index (κ1) is 13.6. The van der Waals surface area contributed by atoms with Gasteiger partial charge in [0, 0.05) is 0 Å². The SMILES string of the molecule is CCC1CCC(CN)C(c2cccc(C)c2C)C1. The highest BCUT2D eigenvalue weighted by Crippen LogP contribution is 2.42. The van der Waals surface area contributed by atoms with Gasteiger partial charge in [-0.3, -0.25) is 0 Å². The minimum Gasteiger partial charge on any atom is -0.330 e. The zero-order chi connectivity index (χ0) is 13.1. The maximum Gasteiger partial charge on any atom is -0.00430 e. The minimum absolute atomic E-state index is 0.688. The van der Waals surface area contributed by atoms with Crippen LogP contribution in [-0.2, 0) is 0 Å². The van der Waals surface area contributed by atoms with Gasteiger partial charge in [0.15, 0.2) is 0 Å². The molecule has 1 aliphatic rings. The predicted octanol–water partition coefficient (Wildman–Crippen LogP) is 4.17. The summed E-state index contributed by atoms with van der Waals surface area (Å²) in [4.78, 5) is 0. The molecule has 1 heteroatoms. The Morgan fingerprint density at radius 3 is 2.67 bits per heavy atom. The second-order valence-electron chi connectivity index (χ2n) is 5.98. The van der Waals surface area contributed by atoms with E-state index in [0.29, 0.717) is 11.8 Å². The van der Waals surface area contributed by atoms with E-state index < -0.39 is 0 Å². The fourth-order valence-corrected chi connectivity index (χ4v) is 3.53. The smallest absolute Gasteiger partial charge is 0.00430 e. The topological polar surface area (TPSA) is 26.0 Å². The normalized spacial score (nSPS) is 28.3. The number of hydrogen-bond donors (Lipinski definition) is 1. The Bertz CT molecular complexity index is 397. The maximum atomic E-state index is 6.01. The lowest BCUT2D eigenvalue weighted by Gasteiger charge is -2.36. The fourth-order valence-electron chi connectivity index (χ4n) is 3.53. The summed E-state index contributed by atoms with van der Waals surface area (Å²) < 4.78 is 0. The van der Waals surface area contributed by atoms with Crippen molar-refractivity contribution in [1.29, 1.82) is 0 Å². The lowest BCUT2D eigenvalue weighted by atomic mass is 9.69. The van der Waals surface area contributed by atoms with Crippen LogP contribution in [-0.4, -0.2) is 6.54 Å². The molecular weight excluding hydrogens is 218 g/mol. The van der Waals surface area contributed by atoms with E-state index in [1.165, 1.54) is 36.8 Å². The zero-order valence-electron chi connectivity index (χ0n) is 12.1. The van der Waals surface area contributed by atoms with Gasteiger partial charge >= 0.3 is 0 Å². The molecule has 0 amide bonds. The van der Waals surface area contributed by atoms with Crippen LogP contribution in [0.2, 0.25) is 0 Å². The summed E-state index contributed by atoms with van der Waals surface area (Å²) in [5.41, 5.74) is 10.5. The molecule has 0 aromatic heterocycles. The van der Waals surface area contributed by atoms with E-state index >= 15 is 0 Å². The summed E-state index contributed by atoms with van der Waals surface area (Å²) in [7, 11) is 0. The quantitative estimate of drug-likeness (QED) is 0.849. The van der Waals surface area contributed by atoms with Gasteiger partial charge in [0.1, 0.15) is 0 Å². The first-order valence-corrected chi connectivity index (χ1v) is 7.43. The van der Waals surface area contributed by atoms with E-state index in [1.807, 2.05) is 0 Å². The van der Waals surface area contributed by atoms with Crippen LogP contribution in [0.1, 0.15) is 55.2 Å². The largest absolute Gasteiger partial charge is 0.330 e. The van der Waals surface area contributed by atoms with Crippen LogP contribution in [0, 0.1) is 25.7 Å². The average Bonchev–Trinajstić information content (AvgIpc) is 2.41. The van der Waals surface area contributed by atoms with E-state index in [9.17, 15) is 0 Å². The Hall–Kier alpha value is -0.820.